The highest BCUT2D eigenvalue weighted by molar-refractivity contribution is 5.40. The smallest absolute Gasteiger partial charge is 0.238 e. The first kappa shape index (κ1) is 13.5. The van der Waals surface area contributed by atoms with Crippen LogP contribution in [0.2, 0.25) is 0 Å². The number of imidazole rings is 1. The highest BCUT2D eigenvalue weighted by atomic mass is 16.5. The molecule has 1 aromatic carbocycles. The molecule has 0 radical (unpaired) electrons. The van der Waals surface area contributed by atoms with Crippen molar-refractivity contribution >= 4 is 0 Å². The third-order valence-electron chi connectivity index (χ3n) is 3.21. The third kappa shape index (κ3) is 3.17. The standard InChI is InChI=1S/C15H17N5O/c1-2-16-12(11-6-4-3-5-7-11)10-13-19-15(20-21-13)14-17-8-9-18-14/h3-9,12,16H,2,10H2,1H3,(H,17,18). The van der Waals surface area contributed by atoms with Gasteiger partial charge in [0.25, 0.3) is 0 Å². The fourth-order valence-electron chi connectivity index (χ4n) is 2.24. The summed E-state index contributed by atoms with van der Waals surface area (Å²) in [7, 11) is 0. The number of aromatic amines is 1. The summed E-state index contributed by atoms with van der Waals surface area (Å²) in [5.74, 6) is 1.69. The Morgan fingerprint density at radius 1 is 1.29 bits per heavy atom. The largest absolute Gasteiger partial charge is 0.342 e. The normalized spacial score (nSPS) is 12.4. The zero-order valence-electron chi connectivity index (χ0n) is 11.8. The maximum absolute atomic E-state index is 5.33. The van der Waals surface area contributed by atoms with Crippen LogP contribution < -0.4 is 5.32 Å². The quantitative estimate of drug-likeness (QED) is 0.726. The average Bonchev–Trinajstić information content (AvgIpc) is 3.19. The van der Waals surface area contributed by atoms with E-state index >= 15 is 0 Å². The maximum atomic E-state index is 5.33. The molecule has 0 aliphatic rings. The van der Waals surface area contributed by atoms with Gasteiger partial charge in [-0.2, -0.15) is 4.98 Å². The predicted octanol–water partition coefficient (Wildman–Crippen LogP) is 2.35. The molecule has 0 aliphatic heterocycles. The van der Waals surface area contributed by atoms with Gasteiger partial charge in [0.15, 0.2) is 5.82 Å². The van der Waals surface area contributed by atoms with Crippen LogP contribution in [0.1, 0.15) is 24.4 Å². The van der Waals surface area contributed by atoms with E-state index in [9.17, 15) is 0 Å². The predicted molar refractivity (Wildman–Crippen MR) is 78.4 cm³/mol. The molecule has 1 atom stereocenters. The van der Waals surface area contributed by atoms with E-state index in [1.165, 1.54) is 5.56 Å². The van der Waals surface area contributed by atoms with E-state index in [2.05, 4.69) is 44.5 Å². The molecule has 21 heavy (non-hydrogen) atoms. The molecule has 0 aliphatic carbocycles. The van der Waals surface area contributed by atoms with Crippen LogP contribution in [-0.4, -0.2) is 26.7 Å². The average molecular weight is 283 g/mol. The second-order valence-corrected chi connectivity index (χ2v) is 4.67. The van der Waals surface area contributed by atoms with Gasteiger partial charge in [-0.15, -0.1) is 0 Å². The molecule has 0 spiro atoms. The fraction of sp³-hybridized carbons (Fsp3) is 0.267. The molecule has 2 N–H and O–H groups in total. The molecule has 2 aromatic heterocycles. The lowest BCUT2D eigenvalue weighted by Gasteiger charge is -2.16. The van der Waals surface area contributed by atoms with Crippen molar-refractivity contribution in [2.75, 3.05) is 6.54 Å². The Labute approximate surface area is 122 Å². The highest BCUT2D eigenvalue weighted by Gasteiger charge is 2.16. The number of nitrogens with one attached hydrogen (secondary N) is 2. The van der Waals surface area contributed by atoms with Gasteiger partial charge in [0.1, 0.15) is 0 Å². The number of hydrogen-bond acceptors (Lipinski definition) is 5. The summed E-state index contributed by atoms with van der Waals surface area (Å²) >= 11 is 0. The van der Waals surface area contributed by atoms with Gasteiger partial charge in [-0.1, -0.05) is 42.4 Å². The molecule has 6 nitrogen and oxygen atoms in total. The van der Waals surface area contributed by atoms with E-state index in [0.717, 1.165) is 6.54 Å². The van der Waals surface area contributed by atoms with Crippen molar-refractivity contribution in [1.82, 2.24) is 25.4 Å². The zero-order valence-corrected chi connectivity index (χ0v) is 11.8. The maximum Gasteiger partial charge on any atom is 0.238 e. The SMILES string of the molecule is CCNC(Cc1nc(-c2ncc[nH]2)no1)c1ccccc1. The lowest BCUT2D eigenvalue weighted by Crippen LogP contribution is -2.23. The van der Waals surface area contributed by atoms with Crippen LogP contribution in [0.4, 0.5) is 0 Å². The monoisotopic (exact) mass is 283 g/mol. The number of H-pyrrole nitrogens is 1. The van der Waals surface area contributed by atoms with Gasteiger partial charge < -0.3 is 14.8 Å². The van der Waals surface area contributed by atoms with Crippen LogP contribution in [0, 0.1) is 0 Å². The van der Waals surface area contributed by atoms with Crippen LogP contribution in [0.25, 0.3) is 11.6 Å². The van der Waals surface area contributed by atoms with E-state index in [0.29, 0.717) is 24.0 Å². The van der Waals surface area contributed by atoms with Crippen molar-refractivity contribution in [2.24, 2.45) is 0 Å². The molecule has 3 aromatic rings. The molecule has 0 fully saturated rings. The Kier molecular flexibility index (Phi) is 4.07. The molecule has 2 heterocycles. The fourth-order valence-corrected chi connectivity index (χ4v) is 2.24. The molecule has 3 rings (SSSR count). The summed E-state index contributed by atoms with van der Waals surface area (Å²) in [6.07, 6.45) is 4.04. The first-order valence-electron chi connectivity index (χ1n) is 6.97. The van der Waals surface area contributed by atoms with Crippen LogP contribution in [-0.2, 0) is 6.42 Å². The number of hydrogen-bond donors (Lipinski definition) is 2. The summed E-state index contributed by atoms with van der Waals surface area (Å²) in [5, 5.41) is 7.40. The summed E-state index contributed by atoms with van der Waals surface area (Å²) < 4.78 is 5.33. The van der Waals surface area contributed by atoms with Crippen molar-refractivity contribution in [3.8, 4) is 11.6 Å². The van der Waals surface area contributed by atoms with Gasteiger partial charge in [-0.3, -0.25) is 0 Å². The minimum atomic E-state index is 0.154. The van der Waals surface area contributed by atoms with Gasteiger partial charge in [0, 0.05) is 24.9 Å². The first-order valence-corrected chi connectivity index (χ1v) is 6.97. The summed E-state index contributed by atoms with van der Waals surface area (Å²) in [4.78, 5) is 11.5. The second kappa shape index (κ2) is 6.32. The number of nitrogens with zero attached hydrogens (tertiary/aromatic N) is 3. The lowest BCUT2D eigenvalue weighted by molar-refractivity contribution is 0.360. The van der Waals surface area contributed by atoms with E-state index in [1.807, 2.05) is 18.2 Å². The van der Waals surface area contributed by atoms with Crippen LogP contribution in [0.15, 0.2) is 47.2 Å². The summed E-state index contributed by atoms with van der Waals surface area (Å²) in [6.45, 7) is 2.96. The molecule has 0 bridgehead atoms. The number of likely N-dealkylation sites (N-methyl/N-ethyl adjacent to an activating group) is 1. The third-order valence-corrected chi connectivity index (χ3v) is 3.21. The molecule has 108 valence electrons. The molecule has 0 saturated carbocycles. The van der Waals surface area contributed by atoms with Crippen molar-refractivity contribution in [3.63, 3.8) is 0 Å². The first-order chi connectivity index (χ1) is 10.4. The molecule has 6 heteroatoms. The van der Waals surface area contributed by atoms with Crippen molar-refractivity contribution in [1.29, 1.82) is 0 Å². The van der Waals surface area contributed by atoms with E-state index < -0.39 is 0 Å². The Hall–Kier alpha value is -2.47. The molecular weight excluding hydrogens is 266 g/mol. The molecule has 1 unspecified atom stereocenters. The minimum Gasteiger partial charge on any atom is -0.342 e. The Balaban J connectivity index is 1.77. The molecular formula is C15H17N5O. The van der Waals surface area contributed by atoms with E-state index in [-0.39, 0.29) is 6.04 Å². The van der Waals surface area contributed by atoms with Gasteiger partial charge in [0.2, 0.25) is 11.7 Å². The van der Waals surface area contributed by atoms with Crippen molar-refractivity contribution in [3.05, 3.63) is 54.2 Å². The Morgan fingerprint density at radius 2 is 2.14 bits per heavy atom. The van der Waals surface area contributed by atoms with Crippen LogP contribution in [0.5, 0.6) is 0 Å². The number of benzene rings is 1. The summed E-state index contributed by atoms with van der Waals surface area (Å²) in [6, 6.07) is 10.4. The van der Waals surface area contributed by atoms with Crippen molar-refractivity contribution < 1.29 is 4.52 Å². The van der Waals surface area contributed by atoms with E-state index in [1.54, 1.807) is 12.4 Å². The minimum absolute atomic E-state index is 0.154. The van der Waals surface area contributed by atoms with Crippen LogP contribution in [0.3, 0.4) is 0 Å². The highest BCUT2D eigenvalue weighted by Crippen LogP contribution is 2.19. The summed E-state index contributed by atoms with van der Waals surface area (Å²) in [5.41, 5.74) is 1.21. The number of rotatable bonds is 6. The lowest BCUT2D eigenvalue weighted by atomic mass is 10.0. The van der Waals surface area contributed by atoms with Crippen LogP contribution >= 0.6 is 0 Å². The second-order valence-electron chi connectivity index (χ2n) is 4.67. The Bertz CT molecular complexity index is 662. The van der Waals surface area contributed by atoms with Gasteiger partial charge in [-0.25, -0.2) is 4.98 Å². The van der Waals surface area contributed by atoms with E-state index in [4.69, 9.17) is 4.52 Å². The molecule has 0 saturated heterocycles. The topological polar surface area (TPSA) is 79.6 Å². The Morgan fingerprint density at radius 3 is 2.86 bits per heavy atom. The number of aromatic nitrogens is 4. The molecule has 0 amide bonds. The zero-order chi connectivity index (χ0) is 14.5. The van der Waals surface area contributed by atoms with Gasteiger partial charge in [-0.05, 0) is 12.1 Å². The van der Waals surface area contributed by atoms with Gasteiger partial charge >= 0.3 is 0 Å². The van der Waals surface area contributed by atoms with Crippen molar-refractivity contribution in [2.45, 2.75) is 19.4 Å². The van der Waals surface area contributed by atoms with Gasteiger partial charge in [0.05, 0.1) is 0 Å².